The second-order valence-electron chi connectivity index (χ2n) is 5.94. The van der Waals surface area contributed by atoms with E-state index in [1.54, 1.807) is 31.6 Å². The summed E-state index contributed by atoms with van der Waals surface area (Å²) in [6.07, 6.45) is 2.66. The number of likely N-dealkylation sites (N-methyl/N-ethyl adjacent to an activating group) is 1. The van der Waals surface area contributed by atoms with Gasteiger partial charge >= 0.3 is 0 Å². The zero-order chi connectivity index (χ0) is 19.5. The number of aliphatic imine (C=N–C) groups is 1. The lowest BCUT2D eigenvalue weighted by atomic mass is 10.1. The lowest BCUT2D eigenvalue weighted by Gasteiger charge is -2.22. The average molecular weight is 372 g/mol. The minimum absolute atomic E-state index is 0.274. The van der Waals surface area contributed by atoms with Gasteiger partial charge in [-0.1, -0.05) is 0 Å². The Morgan fingerprint density at radius 1 is 1.19 bits per heavy atom. The van der Waals surface area contributed by atoms with Gasteiger partial charge < -0.3 is 24.8 Å². The number of nitrogens with zero attached hydrogens (tertiary/aromatic N) is 3. The average Bonchev–Trinajstić information content (AvgIpc) is 2.72. The van der Waals surface area contributed by atoms with Gasteiger partial charge in [-0.3, -0.25) is 9.98 Å². The van der Waals surface area contributed by atoms with Crippen LogP contribution in [0, 0.1) is 0 Å². The summed E-state index contributed by atoms with van der Waals surface area (Å²) in [5.74, 6) is 2.32. The van der Waals surface area contributed by atoms with Gasteiger partial charge in [-0.25, -0.2) is 0 Å². The first-order valence-corrected chi connectivity index (χ1v) is 8.98. The van der Waals surface area contributed by atoms with Crippen molar-refractivity contribution in [1.82, 2.24) is 15.2 Å². The molecule has 0 aliphatic heterocycles. The minimum Gasteiger partial charge on any atom is -0.497 e. The number of ether oxygens (including phenoxy) is 2. The normalized spacial score (nSPS) is 12.4. The van der Waals surface area contributed by atoms with E-state index in [0.29, 0.717) is 13.2 Å². The fraction of sp³-hybridized carbons (Fsp3) is 0.400. The maximum absolute atomic E-state index is 10.3. The van der Waals surface area contributed by atoms with Crippen LogP contribution < -0.4 is 14.8 Å². The summed E-state index contributed by atoms with van der Waals surface area (Å²) in [5, 5.41) is 13.5. The van der Waals surface area contributed by atoms with Crippen LogP contribution in [0.25, 0.3) is 0 Å². The number of benzene rings is 1. The molecule has 1 heterocycles. The Kier molecular flexibility index (Phi) is 8.38. The van der Waals surface area contributed by atoms with E-state index in [9.17, 15) is 5.11 Å². The van der Waals surface area contributed by atoms with Crippen molar-refractivity contribution in [1.29, 1.82) is 0 Å². The Balaban J connectivity index is 1.86. The van der Waals surface area contributed by atoms with Crippen molar-refractivity contribution in [2.75, 3.05) is 40.4 Å². The van der Waals surface area contributed by atoms with Gasteiger partial charge in [0.15, 0.2) is 5.96 Å². The lowest BCUT2D eigenvalue weighted by Crippen LogP contribution is -2.41. The van der Waals surface area contributed by atoms with Crippen LogP contribution in [-0.2, 0) is 0 Å². The maximum atomic E-state index is 10.3. The van der Waals surface area contributed by atoms with Crippen molar-refractivity contribution in [3.63, 3.8) is 0 Å². The molecular weight excluding hydrogens is 344 g/mol. The number of rotatable bonds is 9. The Bertz CT molecular complexity index is 692. The molecule has 1 atom stereocenters. The summed E-state index contributed by atoms with van der Waals surface area (Å²) in [5.41, 5.74) is 0.801. The summed E-state index contributed by atoms with van der Waals surface area (Å²) in [6.45, 7) is 4.20. The van der Waals surface area contributed by atoms with E-state index in [1.165, 1.54) is 0 Å². The van der Waals surface area contributed by atoms with Crippen LogP contribution in [0.15, 0.2) is 53.8 Å². The molecule has 7 nitrogen and oxygen atoms in total. The summed E-state index contributed by atoms with van der Waals surface area (Å²) in [7, 11) is 3.58. The Labute approximate surface area is 160 Å². The molecule has 2 N–H and O–H groups in total. The van der Waals surface area contributed by atoms with Gasteiger partial charge in [-0.2, -0.15) is 0 Å². The largest absolute Gasteiger partial charge is 0.497 e. The maximum Gasteiger partial charge on any atom is 0.193 e. The van der Waals surface area contributed by atoms with Crippen LogP contribution in [0.1, 0.15) is 18.6 Å². The molecule has 0 fully saturated rings. The molecule has 0 aliphatic carbocycles. The van der Waals surface area contributed by atoms with Crippen molar-refractivity contribution in [2.45, 2.75) is 13.0 Å². The van der Waals surface area contributed by atoms with E-state index in [2.05, 4.69) is 15.3 Å². The van der Waals surface area contributed by atoms with Crippen molar-refractivity contribution < 1.29 is 14.6 Å². The number of pyridine rings is 1. The molecule has 1 unspecified atom stereocenters. The zero-order valence-electron chi connectivity index (χ0n) is 16.1. The molecule has 0 spiro atoms. The van der Waals surface area contributed by atoms with Crippen molar-refractivity contribution in [3.8, 4) is 11.5 Å². The summed E-state index contributed by atoms with van der Waals surface area (Å²) in [4.78, 5) is 10.5. The van der Waals surface area contributed by atoms with Crippen molar-refractivity contribution >= 4 is 5.96 Å². The highest BCUT2D eigenvalue weighted by Crippen LogP contribution is 2.17. The molecule has 7 heteroatoms. The highest BCUT2D eigenvalue weighted by atomic mass is 16.5. The molecule has 2 rings (SSSR count). The third-order valence-corrected chi connectivity index (χ3v) is 3.96. The highest BCUT2D eigenvalue weighted by molar-refractivity contribution is 5.79. The second-order valence-corrected chi connectivity index (χ2v) is 5.94. The summed E-state index contributed by atoms with van der Waals surface area (Å²) < 4.78 is 10.9. The van der Waals surface area contributed by atoms with Gasteiger partial charge in [0.05, 0.1) is 26.3 Å². The predicted octanol–water partition coefficient (Wildman–Crippen LogP) is 2.10. The van der Waals surface area contributed by atoms with Crippen molar-refractivity contribution in [2.24, 2.45) is 4.99 Å². The summed E-state index contributed by atoms with van der Waals surface area (Å²) >= 11 is 0. The van der Waals surface area contributed by atoms with Crippen LogP contribution >= 0.6 is 0 Å². The van der Waals surface area contributed by atoms with E-state index in [1.807, 2.05) is 43.1 Å². The minimum atomic E-state index is -0.661. The molecule has 1 aromatic heterocycles. The fourth-order valence-corrected chi connectivity index (χ4v) is 2.41. The summed E-state index contributed by atoms with van der Waals surface area (Å²) in [6, 6.07) is 11.1. The first-order chi connectivity index (χ1) is 13.1. The molecule has 0 amide bonds. The third-order valence-electron chi connectivity index (χ3n) is 3.96. The van der Waals surface area contributed by atoms with Gasteiger partial charge in [0.2, 0.25) is 0 Å². The van der Waals surface area contributed by atoms with E-state index < -0.39 is 6.10 Å². The highest BCUT2D eigenvalue weighted by Gasteiger charge is 2.10. The zero-order valence-corrected chi connectivity index (χ0v) is 16.1. The van der Waals surface area contributed by atoms with Crippen LogP contribution in [0.5, 0.6) is 11.5 Å². The fourth-order valence-electron chi connectivity index (χ4n) is 2.41. The van der Waals surface area contributed by atoms with Gasteiger partial charge in [0, 0.05) is 26.0 Å². The van der Waals surface area contributed by atoms with Crippen LogP contribution in [0.2, 0.25) is 0 Å². The van der Waals surface area contributed by atoms with Crippen LogP contribution in [0.3, 0.4) is 0 Å². The number of guanidine groups is 1. The van der Waals surface area contributed by atoms with Crippen LogP contribution in [-0.4, -0.2) is 61.3 Å². The molecule has 0 saturated heterocycles. The third kappa shape index (κ3) is 6.79. The Morgan fingerprint density at radius 3 is 2.48 bits per heavy atom. The topological polar surface area (TPSA) is 79.2 Å². The number of hydrogen-bond acceptors (Lipinski definition) is 5. The number of aromatic nitrogens is 1. The van der Waals surface area contributed by atoms with Crippen molar-refractivity contribution in [3.05, 3.63) is 54.4 Å². The molecule has 146 valence electrons. The molecule has 27 heavy (non-hydrogen) atoms. The smallest absolute Gasteiger partial charge is 0.193 e. The molecule has 2 aromatic rings. The second kappa shape index (κ2) is 11.0. The monoisotopic (exact) mass is 372 g/mol. The lowest BCUT2D eigenvalue weighted by molar-refractivity contribution is 0.186. The number of hydrogen-bond donors (Lipinski definition) is 2. The number of aliphatic hydroxyl groups is 1. The Morgan fingerprint density at radius 2 is 1.85 bits per heavy atom. The van der Waals surface area contributed by atoms with Crippen LogP contribution in [0.4, 0.5) is 0 Å². The first-order valence-electron chi connectivity index (χ1n) is 8.98. The number of aliphatic hydroxyl groups excluding tert-OH is 1. The van der Waals surface area contributed by atoms with Gasteiger partial charge in [-0.05, 0) is 48.9 Å². The van der Waals surface area contributed by atoms with E-state index in [-0.39, 0.29) is 6.54 Å². The predicted molar refractivity (Wildman–Crippen MR) is 106 cm³/mol. The van der Waals surface area contributed by atoms with Gasteiger partial charge in [-0.15, -0.1) is 0 Å². The molecular formula is C20H28N4O3. The quantitative estimate of drug-likeness (QED) is 0.518. The molecule has 0 radical (unpaired) electrons. The number of methoxy groups -OCH3 is 1. The number of nitrogens with one attached hydrogen (secondary N) is 1. The molecule has 1 aromatic carbocycles. The SMILES string of the molecule is CCNC(=NCC(O)c1ccncc1)N(C)CCOc1ccc(OC)cc1. The van der Waals surface area contributed by atoms with E-state index >= 15 is 0 Å². The van der Waals surface area contributed by atoms with Gasteiger partial charge in [0.1, 0.15) is 18.1 Å². The van der Waals surface area contributed by atoms with Gasteiger partial charge in [0.25, 0.3) is 0 Å². The Hall–Kier alpha value is -2.80. The molecule has 0 bridgehead atoms. The molecule has 0 aliphatic rings. The molecule has 0 saturated carbocycles. The standard InChI is InChI=1S/C20H28N4O3/c1-4-22-20(23-15-19(25)16-9-11-21-12-10-16)24(2)13-14-27-18-7-5-17(26-3)6-8-18/h5-12,19,25H,4,13-15H2,1-3H3,(H,22,23). The first kappa shape index (κ1) is 20.5. The van der Waals surface area contributed by atoms with E-state index in [0.717, 1.165) is 29.6 Å². The van der Waals surface area contributed by atoms with E-state index in [4.69, 9.17) is 9.47 Å².